The molecule has 1 amide bonds. The number of hydrogen-bond acceptors (Lipinski definition) is 6. The third-order valence-electron chi connectivity index (χ3n) is 4.17. The van der Waals surface area contributed by atoms with Gasteiger partial charge in [-0.1, -0.05) is 0 Å². The number of amides is 1. The molecule has 3 aromatic rings. The van der Waals surface area contributed by atoms with Crippen molar-refractivity contribution in [2.45, 2.75) is 0 Å². The van der Waals surface area contributed by atoms with Crippen molar-refractivity contribution in [2.75, 3.05) is 31.6 Å². The fourth-order valence-corrected chi connectivity index (χ4v) is 4.14. The molecule has 1 saturated heterocycles. The van der Waals surface area contributed by atoms with Gasteiger partial charge in [0.15, 0.2) is 0 Å². The zero-order valence-electron chi connectivity index (χ0n) is 14.4. The molecule has 0 unspecified atom stereocenters. The minimum absolute atomic E-state index is 0.0337. The molecule has 0 bridgehead atoms. The highest BCUT2D eigenvalue weighted by Gasteiger charge is 2.18. The fourth-order valence-electron chi connectivity index (χ4n) is 2.78. The van der Waals surface area contributed by atoms with Gasteiger partial charge in [0.05, 0.1) is 27.6 Å². The minimum Gasteiger partial charge on any atom is -0.378 e. The van der Waals surface area contributed by atoms with Crippen LogP contribution in [0, 0.1) is 0 Å². The number of hydrogen-bond donors (Lipinski definition) is 1. The maximum absolute atomic E-state index is 12.5. The summed E-state index contributed by atoms with van der Waals surface area (Å²) in [6, 6.07) is 13.3. The van der Waals surface area contributed by atoms with Crippen LogP contribution in [0.25, 0.3) is 10.6 Å². The molecule has 8 heteroatoms. The number of aromatic nitrogens is 2. The smallest absolute Gasteiger partial charge is 0.254 e. The molecule has 4 rings (SSSR count). The molecule has 2 aromatic heterocycles. The second-order valence-electron chi connectivity index (χ2n) is 5.98. The maximum atomic E-state index is 12.5. The first kappa shape index (κ1) is 18.1. The van der Waals surface area contributed by atoms with Crippen LogP contribution < -0.4 is 5.32 Å². The number of thiophene rings is 1. The zero-order chi connectivity index (χ0) is 18.6. The molecule has 6 nitrogen and oxygen atoms in total. The Hall–Kier alpha value is -2.29. The second-order valence-corrected chi connectivity index (χ2v) is 8.44. The first-order chi connectivity index (χ1) is 13.2. The molecular weight excluding hydrogens is 428 g/mol. The number of ether oxygens (including phenoxy) is 1. The minimum atomic E-state index is 0.0337. The van der Waals surface area contributed by atoms with Crippen LogP contribution in [-0.4, -0.2) is 47.1 Å². The van der Waals surface area contributed by atoms with Crippen LogP contribution in [0.5, 0.6) is 0 Å². The molecule has 0 aliphatic carbocycles. The average Bonchev–Trinajstić information content (AvgIpc) is 3.15. The Labute approximate surface area is 169 Å². The van der Waals surface area contributed by atoms with Crippen LogP contribution in [0.4, 0.5) is 11.6 Å². The van der Waals surface area contributed by atoms with Crippen molar-refractivity contribution >= 4 is 44.8 Å². The topological polar surface area (TPSA) is 67.4 Å². The largest absolute Gasteiger partial charge is 0.378 e. The summed E-state index contributed by atoms with van der Waals surface area (Å²) in [6.45, 7) is 2.47. The molecule has 0 spiro atoms. The molecule has 0 atom stereocenters. The Morgan fingerprint density at radius 2 is 1.89 bits per heavy atom. The van der Waals surface area contributed by atoms with Gasteiger partial charge in [-0.05, 0) is 58.4 Å². The number of morpholine rings is 1. The molecule has 1 fully saturated rings. The number of anilines is 2. The predicted octanol–water partition coefficient (Wildman–Crippen LogP) is 4.18. The van der Waals surface area contributed by atoms with E-state index in [4.69, 9.17) is 4.74 Å². The van der Waals surface area contributed by atoms with Crippen LogP contribution in [0.2, 0.25) is 0 Å². The number of carbonyl (C=O) groups is 1. The van der Waals surface area contributed by atoms with E-state index in [9.17, 15) is 4.79 Å². The van der Waals surface area contributed by atoms with E-state index in [1.54, 1.807) is 17.5 Å². The standard InChI is InChI=1S/C19H17BrN4O2S/c20-17-6-5-16(27-17)15-7-8-21-19(23-15)22-14-3-1-13(2-4-14)18(25)24-9-11-26-12-10-24/h1-8H,9-12H2,(H,21,22,23). The second kappa shape index (κ2) is 8.16. The predicted molar refractivity (Wildman–Crippen MR) is 109 cm³/mol. The molecule has 1 N–H and O–H groups in total. The van der Waals surface area contributed by atoms with Gasteiger partial charge in [-0.15, -0.1) is 11.3 Å². The van der Waals surface area contributed by atoms with Crippen molar-refractivity contribution in [2.24, 2.45) is 0 Å². The summed E-state index contributed by atoms with van der Waals surface area (Å²) in [5.74, 6) is 0.552. The van der Waals surface area contributed by atoms with E-state index in [0.717, 1.165) is 20.0 Å². The highest BCUT2D eigenvalue weighted by Crippen LogP contribution is 2.30. The molecule has 27 heavy (non-hydrogen) atoms. The lowest BCUT2D eigenvalue weighted by atomic mass is 10.1. The average molecular weight is 445 g/mol. The lowest BCUT2D eigenvalue weighted by Gasteiger charge is -2.26. The van der Waals surface area contributed by atoms with E-state index in [0.29, 0.717) is 37.8 Å². The van der Waals surface area contributed by atoms with Crippen LogP contribution in [0.1, 0.15) is 10.4 Å². The van der Waals surface area contributed by atoms with Gasteiger partial charge in [0.25, 0.3) is 5.91 Å². The van der Waals surface area contributed by atoms with E-state index in [-0.39, 0.29) is 5.91 Å². The molecule has 0 radical (unpaired) electrons. The Kier molecular flexibility index (Phi) is 5.47. The molecule has 1 aliphatic rings. The third-order valence-corrected chi connectivity index (χ3v) is 5.81. The summed E-state index contributed by atoms with van der Waals surface area (Å²) >= 11 is 5.09. The van der Waals surface area contributed by atoms with Crippen molar-refractivity contribution < 1.29 is 9.53 Å². The Morgan fingerprint density at radius 3 is 2.59 bits per heavy atom. The van der Waals surface area contributed by atoms with Gasteiger partial charge in [-0.3, -0.25) is 4.79 Å². The zero-order valence-corrected chi connectivity index (χ0v) is 16.8. The number of nitrogens with one attached hydrogen (secondary N) is 1. The number of benzene rings is 1. The van der Waals surface area contributed by atoms with Crippen molar-refractivity contribution in [3.8, 4) is 10.6 Å². The lowest BCUT2D eigenvalue weighted by molar-refractivity contribution is 0.0303. The van der Waals surface area contributed by atoms with E-state index in [2.05, 4.69) is 31.2 Å². The third kappa shape index (κ3) is 4.35. The van der Waals surface area contributed by atoms with Crippen LogP contribution in [-0.2, 0) is 4.74 Å². The summed E-state index contributed by atoms with van der Waals surface area (Å²) in [5, 5.41) is 3.19. The summed E-state index contributed by atoms with van der Waals surface area (Å²) < 4.78 is 6.36. The molecular formula is C19H17BrN4O2S. The van der Waals surface area contributed by atoms with Gasteiger partial charge in [-0.2, -0.15) is 0 Å². The Balaban J connectivity index is 1.46. The molecule has 1 aromatic carbocycles. The quantitative estimate of drug-likeness (QED) is 0.653. The number of nitrogens with zero attached hydrogens (tertiary/aromatic N) is 3. The number of halogens is 1. The van der Waals surface area contributed by atoms with Gasteiger partial charge < -0.3 is 15.0 Å². The summed E-state index contributed by atoms with van der Waals surface area (Å²) in [5.41, 5.74) is 2.36. The van der Waals surface area contributed by atoms with Crippen LogP contribution in [0.15, 0.2) is 52.4 Å². The summed E-state index contributed by atoms with van der Waals surface area (Å²) in [7, 11) is 0. The number of rotatable bonds is 4. The van der Waals surface area contributed by atoms with E-state index < -0.39 is 0 Å². The van der Waals surface area contributed by atoms with Gasteiger partial charge in [0.1, 0.15) is 0 Å². The fraction of sp³-hybridized carbons (Fsp3) is 0.211. The summed E-state index contributed by atoms with van der Waals surface area (Å²) in [4.78, 5) is 24.2. The normalized spacial score (nSPS) is 14.2. The lowest BCUT2D eigenvalue weighted by Crippen LogP contribution is -2.40. The molecule has 3 heterocycles. The number of carbonyl (C=O) groups excluding carboxylic acids is 1. The van der Waals surface area contributed by atoms with Gasteiger partial charge in [-0.25, -0.2) is 9.97 Å². The molecule has 138 valence electrons. The van der Waals surface area contributed by atoms with E-state index in [1.165, 1.54) is 0 Å². The van der Waals surface area contributed by atoms with Crippen LogP contribution in [0.3, 0.4) is 0 Å². The SMILES string of the molecule is O=C(c1ccc(Nc2nccc(-c3ccc(Br)s3)n2)cc1)N1CCOCC1. The van der Waals surface area contributed by atoms with E-state index in [1.807, 2.05) is 47.4 Å². The van der Waals surface area contributed by atoms with Crippen LogP contribution >= 0.6 is 27.3 Å². The Morgan fingerprint density at radius 1 is 1.11 bits per heavy atom. The van der Waals surface area contributed by atoms with Crippen molar-refractivity contribution in [1.29, 1.82) is 0 Å². The highest BCUT2D eigenvalue weighted by molar-refractivity contribution is 9.11. The van der Waals surface area contributed by atoms with Crippen molar-refractivity contribution in [1.82, 2.24) is 14.9 Å². The van der Waals surface area contributed by atoms with Crippen molar-refractivity contribution in [3.63, 3.8) is 0 Å². The Bertz CT molecular complexity index is 939. The van der Waals surface area contributed by atoms with Gasteiger partial charge in [0, 0.05) is 30.5 Å². The van der Waals surface area contributed by atoms with Gasteiger partial charge in [0.2, 0.25) is 5.95 Å². The highest BCUT2D eigenvalue weighted by atomic mass is 79.9. The maximum Gasteiger partial charge on any atom is 0.254 e. The first-order valence-electron chi connectivity index (χ1n) is 8.52. The first-order valence-corrected chi connectivity index (χ1v) is 10.1. The van der Waals surface area contributed by atoms with Gasteiger partial charge >= 0.3 is 0 Å². The van der Waals surface area contributed by atoms with E-state index >= 15 is 0 Å². The molecule has 0 saturated carbocycles. The summed E-state index contributed by atoms with van der Waals surface area (Å²) in [6.07, 6.45) is 1.73. The van der Waals surface area contributed by atoms with Crippen molar-refractivity contribution in [3.05, 3.63) is 58.0 Å². The molecule has 1 aliphatic heterocycles. The monoisotopic (exact) mass is 444 g/mol.